The highest BCUT2D eigenvalue weighted by Crippen LogP contribution is 2.24. The number of benzene rings is 1. The summed E-state index contributed by atoms with van der Waals surface area (Å²) in [5.41, 5.74) is 1.68. The molecule has 10 heteroatoms. The number of hydrogen-bond acceptors (Lipinski definition) is 9. The summed E-state index contributed by atoms with van der Waals surface area (Å²) in [5, 5.41) is 10.2. The number of rotatable bonds is 9. The first-order chi connectivity index (χ1) is 14.1. The molecule has 2 aromatic heterocycles. The Morgan fingerprint density at radius 2 is 1.76 bits per heavy atom. The Kier molecular flexibility index (Phi) is 7.14. The van der Waals surface area contributed by atoms with Gasteiger partial charge >= 0.3 is 5.97 Å². The topological polar surface area (TPSA) is 102 Å². The summed E-state index contributed by atoms with van der Waals surface area (Å²) in [6, 6.07) is 7.49. The van der Waals surface area contributed by atoms with Crippen LogP contribution >= 0.6 is 22.7 Å². The standard InChI is InChI=1S/C19H20N4O4S2/c1-3-26-14-7-5-12(6-8-14)20-18-22-15(11-29-18)17(25)23-19-21-13(10-28-19)9-16(24)27-4-2/h5-8,10-11H,3-4,9H2,1-2H3,(H,20,22)(H,21,23,25). The molecule has 0 saturated heterocycles. The van der Waals surface area contributed by atoms with E-state index in [1.165, 1.54) is 22.7 Å². The Balaban J connectivity index is 1.56. The van der Waals surface area contributed by atoms with Crippen LogP contribution in [0, 0.1) is 0 Å². The SMILES string of the molecule is CCOC(=O)Cc1csc(NC(=O)c2csc(Nc3ccc(OCC)cc3)n2)n1. The quantitative estimate of drug-likeness (QED) is 0.491. The minimum Gasteiger partial charge on any atom is -0.494 e. The van der Waals surface area contributed by atoms with Crippen LogP contribution in [0.5, 0.6) is 5.75 Å². The van der Waals surface area contributed by atoms with E-state index in [1.54, 1.807) is 17.7 Å². The Labute approximate surface area is 175 Å². The summed E-state index contributed by atoms with van der Waals surface area (Å²) >= 11 is 2.57. The minimum atomic E-state index is -0.363. The van der Waals surface area contributed by atoms with Crippen LogP contribution in [0.3, 0.4) is 0 Å². The van der Waals surface area contributed by atoms with Crippen LogP contribution in [0.4, 0.5) is 16.0 Å². The number of thiazole rings is 2. The number of nitrogens with zero attached hydrogens (tertiary/aromatic N) is 2. The highest BCUT2D eigenvalue weighted by molar-refractivity contribution is 7.14. The first kappa shape index (κ1) is 20.7. The van der Waals surface area contributed by atoms with Crippen molar-refractivity contribution in [3.8, 4) is 5.75 Å². The fourth-order valence-electron chi connectivity index (χ4n) is 2.33. The number of nitrogens with one attached hydrogen (secondary N) is 2. The summed E-state index contributed by atoms with van der Waals surface area (Å²) in [6.07, 6.45) is 0.0765. The van der Waals surface area contributed by atoms with Gasteiger partial charge in [0.05, 0.1) is 25.3 Å². The van der Waals surface area contributed by atoms with Crippen molar-refractivity contribution in [2.45, 2.75) is 20.3 Å². The van der Waals surface area contributed by atoms with Crippen LogP contribution in [0.15, 0.2) is 35.0 Å². The minimum absolute atomic E-state index is 0.0765. The fourth-order valence-corrected chi connectivity index (χ4v) is 3.74. The number of carbonyl (C=O) groups excluding carboxylic acids is 2. The van der Waals surface area contributed by atoms with Crippen molar-refractivity contribution in [3.05, 3.63) is 46.4 Å². The normalized spacial score (nSPS) is 10.4. The maximum Gasteiger partial charge on any atom is 0.311 e. The molecule has 152 valence electrons. The van der Waals surface area contributed by atoms with E-state index in [2.05, 4.69) is 20.6 Å². The third kappa shape index (κ3) is 6.00. The summed E-state index contributed by atoms with van der Waals surface area (Å²) in [4.78, 5) is 32.4. The van der Waals surface area contributed by atoms with Crippen molar-refractivity contribution in [2.75, 3.05) is 23.8 Å². The number of carbonyl (C=O) groups is 2. The molecule has 0 radical (unpaired) electrons. The molecule has 8 nitrogen and oxygen atoms in total. The molecular weight excluding hydrogens is 412 g/mol. The van der Waals surface area contributed by atoms with E-state index in [0.29, 0.717) is 29.2 Å². The third-order valence-electron chi connectivity index (χ3n) is 3.56. The monoisotopic (exact) mass is 432 g/mol. The van der Waals surface area contributed by atoms with Gasteiger partial charge in [-0.05, 0) is 38.1 Å². The predicted molar refractivity (Wildman–Crippen MR) is 113 cm³/mol. The van der Waals surface area contributed by atoms with Gasteiger partial charge in [0.25, 0.3) is 5.91 Å². The third-order valence-corrected chi connectivity index (χ3v) is 5.12. The maximum atomic E-state index is 12.4. The largest absolute Gasteiger partial charge is 0.494 e. The molecule has 3 rings (SSSR count). The second kappa shape index (κ2) is 9.99. The van der Waals surface area contributed by atoms with Crippen molar-refractivity contribution < 1.29 is 19.1 Å². The molecule has 0 aliphatic heterocycles. The Bertz CT molecular complexity index is 969. The molecule has 2 heterocycles. The number of esters is 1. The molecule has 3 aromatic rings. The molecule has 0 saturated carbocycles. The lowest BCUT2D eigenvalue weighted by molar-refractivity contribution is -0.142. The van der Waals surface area contributed by atoms with E-state index in [9.17, 15) is 9.59 Å². The Morgan fingerprint density at radius 3 is 2.48 bits per heavy atom. The lowest BCUT2D eigenvalue weighted by Crippen LogP contribution is -2.12. The summed E-state index contributed by atoms with van der Waals surface area (Å²) in [7, 11) is 0. The number of anilines is 3. The lowest BCUT2D eigenvalue weighted by Gasteiger charge is -2.05. The number of aromatic nitrogens is 2. The van der Waals surface area contributed by atoms with Crippen LogP contribution in [-0.4, -0.2) is 35.1 Å². The van der Waals surface area contributed by atoms with Crippen LogP contribution in [-0.2, 0) is 16.0 Å². The van der Waals surface area contributed by atoms with E-state index < -0.39 is 0 Å². The van der Waals surface area contributed by atoms with Gasteiger partial charge in [-0.15, -0.1) is 22.7 Å². The maximum absolute atomic E-state index is 12.4. The average molecular weight is 433 g/mol. The van der Waals surface area contributed by atoms with Crippen molar-refractivity contribution in [3.63, 3.8) is 0 Å². The van der Waals surface area contributed by atoms with Gasteiger partial charge in [-0.25, -0.2) is 9.97 Å². The van der Waals surface area contributed by atoms with Gasteiger partial charge in [0.15, 0.2) is 10.3 Å². The van der Waals surface area contributed by atoms with E-state index in [4.69, 9.17) is 9.47 Å². The summed E-state index contributed by atoms with van der Waals surface area (Å²) in [6.45, 7) is 4.61. The summed E-state index contributed by atoms with van der Waals surface area (Å²) < 4.78 is 10.3. The number of ether oxygens (including phenoxy) is 2. The molecule has 1 amide bonds. The second-order valence-corrected chi connectivity index (χ2v) is 7.42. The molecule has 0 aliphatic carbocycles. The molecule has 1 aromatic carbocycles. The molecule has 0 atom stereocenters. The van der Waals surface area contributed by atoms with Gasteiger partial charge in [-0.2, -0.15) is 0 Å². The van der Waals surface area contributed by atoms with Crippen molar-refractivity contribution >= 4 is 50.5 Å². The van der Waals surface area contributed by atoms with Crippen LogP contribution in [0.2, 0.25) is 0 Å². The highest BCUT2D eigenvalue weighted by atomic mass is 32.1. The summed E-state index contributed by atoms with van der Waals surface area (Å²) in [5.74, 6) is 0.0845. The van der Waals surface area contributed by atoms with Gasteiger partial charge in [0.2, 0.25) is 0 Å². The van der Waals surface area contributed by atoms with Crippen LogP contribution in [0.1, 0.15) is 30.0 Å². The van der Waals surface area contributed by atoms with E-state index >= 15 is 0 Å². The molecular formula is C19H20N4O4S2. The van der Waals surface area contributed by atoms with Crippen LogP contribution in [0.25, 0.3) is 0 Å². The first-order valence-electron chi connectivity index (χ1n) is 8.94. The lowest BCUT2D eigenvalue weighted by atomic mass is 10.3. The first-order valence-corrected chi connectivity index (χ1v) is 10.7. The van der Waals surface area contributed by atoms with E-state index in [0.717, 1.165) is 11.4 Å². The van der Waals surface area contributed by atoms with E-state index in [1.807, 2.05) is 31.2 Å². The van der Waals surface area contributed by atoms with Gasteiger partial charge < -0.3 is 14.8 Å². The molecule has 29 heavy (non-hydrogen) atoms. The Hall–Kier alpha value is -2.98. The predicted octanol–water partition coefficient (Wildman–Crippen LogP) is 4.10. The van der Waals surface area contributed by atoms with Crippen molar-refractivity contribution in [1.82, 2.24) is 9.97 Å². The van der Waals surface area contributed by atoms with Gasteiger partial charge in [0.1, 0.15) is 11.4 Å². The molecule has 0 unspecified atom stereocenters. The van der Waals surface area contributed by atoms with Gasteiger partial charge in [-0.1, -0.05) is 0 Å². The number of hydrogen-bond donors (Lipinski definition) is 2. The molecule has 0 spiro atoms. The zero-order chi connectivity index (χ0) is 20.6. The smallest absolute Gasteiger partial charge is 0.311 e. The van der Waals surface area contributed by atoms with Crippen molar-refractivity contribution in [1.29, 1.82) is 0 Å². The second-order valence-electron chi connectivity index (χ2n) is 5.70. The number of amides is 1. The molecule has 0 aliphatic rings. The van der Waals surface area contributed by atoms with Gasteiger partial charge in [-0.3, -0.25) is 14.9 Å². The van der Waals surface area contributed by atoms with E-state index in [-0.39, 0.29) is 24.0 Å². The molecule has 2 N–H and O–H groups in total. The molecule has 0 bridgehead atoms. The van der Waals surface area contributed by atoms with Gasteiger partial charge in [0, 0.05) is 16.4 Å². The fraction of sp³-hybridized carbons (Fsp3) is 0.263. The van der Waals surface area contributed by atoms with Crippen molar-refractivity contribution in [2.24, 2.45) is 0 Å². The zero-order valence-electron chi connectivity index (χ0n) is 15.9. The highest BCUT2D eigenvalue weighted by Gasteiger charge is 2.14. The molecule has 0 fully saturated rings. The Morgan fingerprint density at radius 1 is 1.00 bits per heavy atom. The van der Waals surface area contributed by atoms with Crippen LogP contribution < -0.4 is 15.4 Å². The average Bonchev–Trinajstić information content (AvgIpc) is 3.33. The zero-order valence-corrected chi connectivity index (χ0v) is 17.6.